The maximum Gasteiger partial charge on any atom is 0.170 e. The van der Waals surface area contributed by atoms with Crippen molar-refractivity contribution >= 4 is 22.4 Å². The lowest BCUT2D eigenvalue weighted by molar-refractivity contribution is 0.415. The maximum absolute atomic E-state index is 5.14. The van der Waals surface area contributed by atoms with Gasteiger partial charge >= 0.3 is 0 Å². The quantitative estimate of drug-likeness (QED) is 0.617. The second-order valence-corrected chi connectivity index (χ2v) is 5.13. The molecular weight excluding hydrogens is 294 g/mol. The van der Waals surface area contributed by atoms with Crippen LogP contribution in [0.1, 0.15) is 5.82 Å². The van der Waals surface area contributed by atoms with Crippen LogP contribution >= 0.6 is 0 Å². The van der Waals surface area contributed by atoms with Crippen molar-refractivity contribution in [2.45, 2.75) is 6.54 Å². The second kappa shape index (κ2) is 5.24. The van der Waals surface area contributed by atoms with E-state index in [2.05, 4.69) is 25.5 Å². The zero-order valence-corrected chi connectivity index (χ0v) is 12.8. The molecule has 0 aliphatic heterocycles. The van der Waals surface area contributed by atoms with E-state index in [-0.39, 0.29) is 0 Å². The van der Waals surface area contributed by atoms with Crippen molar-refractivity contribution < 1.29 is 4.74 Å². The zero-order chi connectivity index (χ0) is 15.8. The first-order chi connectivity index (χ1) is 11.2. The molecule has 0 radical (unpaired) electrons. The Hall–Kier alpha value is -3.16. The van der Waals surface area contributed by atoms with Gasteiger partial charge in [0.2, 0.25) is 0 Å². The fourth-order valence-electron chi connectivity index (χ4n) is 2.45. The normalized spacial score (nSPS) is 11.2. The monoisotopic (exact) mass is 309 g/mol. The Labute approximate surface area is 131 Å². The number of rotatable bonds is 4. The molecule has 3 aromatic heterocycles. The van der Waals surface area contributed by atoms with Crippen molar-refractivity contribution in [3.05, 3.63) is 42.6 Å². The standard InChI is InChI=1S/C15H15N7O/c1-21-14-12(7-18-21)15-19-13(20-22(15)9-17-14)8-16-10-3-5-11(23-2)6-4-10/h3-7,9,16H,8H2,1-2H3. The van der Waals surface area contributed by atoms with Gasteiger partial charge in [0.15, 0.2) is 17.1 Å². The van der Waals surface area contributed by atoms with Crippen LogP contribution in [0.5, 0.6) is 5.75 Å². The van der Waals surface area contributed by atoms with Gasteiger partial charge in [0.25, 0.3) is 0 Å². The van der Waals surface area contributed by atoms with Crippen LogP contribution in [0.2, 0.25) is 0 Å². The van der Waals surface area contributed by atoms with Gasteiger partial charge < -0.3 is 10.1 Å². The molecule has 3 heterocycles. The van der Waals surface area contributed by atoms with Gasteiger partial charge in [-0.25, -0.2) is 14.5 Å². The zero-order valence-electron chi connectivity index (χ0n) is 12.8. The summed E-state index contributed by atoms with van der Waals surface area (Å²) in [4.78, 5) is 8.92. The first-order valence-corrected chi connectivity index (χ1v) is 7.14. The smallest absolute Gasteiger partial charge is 0.170 e. The SMILES string of the molecule is COc1ccc(NCc2nc3c4cnn(C)c4ncn3n2)cc1. The maximum atomic E-state index is 5.14. The summed E-state index contributed by atoms with van der Waals surface area (Å²) in [5.74, 6) is 1.52. The molecule has 4 rings (SSSR count). The molecule has 8 heteroatoms. The highest BCUT2D eigenvalue weighted by Gasteiger charge is 2.10. The number of nitrogens with zero attached hydrogens (tertiary/aromatic N) is 6. The Kier molecular flexibility index (Phi) is 3.07. The van der Waals surface area contributed by atoms with Gasteiger partial charge in [-0.3, -0.25) is 4.68 Å². The molecule has 0 saturated carbocycles. The third-order valence-electron chi connectivity index (χ3n) is 3.65. The second-order valence-electron chi connectivity index (χ2n) is 5.13. The van der Waals surface area contributed by atoms with E-state index < -0.39 is 0 Å². The Balaban J connectivity index is 1.60. The van der Waals surface area contributed by atoms with Crippen molar-refractivity contribution in [3.63, 3.8) is 0 Å². The molecule has 116 valence electrons. The average Bonchev–Trinajstić information content (AvgIpc) is 3.16. The third kappa shape index (κ3) is 2.33. The summed E-state index contributed by atoms with van der Waals surface area (Å²) in [5.41, 5.74) is 2.53. The van der Waals surface area contributed by atoms with Gasteiger partial charge in [-0.05, 0) is 24.3 Å². The minimum absolute atomic E-state index is 0.524. The van der Waals surface area contributed by atoms with Crippen LogP contribution in [0.25, 0.3) is 16.7 Å². The van der Waals surface area contributed by atoms with Crippen molar-refractivity contribution in [2.75, 3.05) is 12.4 Å². The van der Waals surface area contributed by atoms with Crippen molar-refractivity contribution in [3.8, 4) is 5.75 Å². The summed E-state index contributed by atoms with van der Waals surface area (Å²) in [5, 5.41) is 12.8. The van der Waals surface area contributed by atoms with Crippen molar-refractivity contribution in [1.82, 2.24) is 29.4 Å². The number of benzene rings is 1. The average molecular weight is 309 g/mol. The van der Waals surface area contributed by atoms with Gasteiger partial charge in [-0.1, -0.05) is 0 Å². The van der Waals surface area contributed by atoms with E-state index in [9.17, 15) is 0 Å². The number of fused-ring (bicyclic) bond motifs is 3. The highest BCUT2D eigenvalue weighted by molar-refractivity contribution is 5.88. The Morgan fingerprint density at radius 2 is 2.00 bits per heavy atom. The summed E-state index contributed by atoms with van der Waals surface area (Å²) in [6.07, 6.45) is 3.41. The van der Waals surface area contributed by atoms with E-state index in [4.69, 9.17) is 4.74 Å². The number of aryl methyl sites for hydroxylation is 1. The fourth-order valence-corrected chi connectivity index (χ4v) is 2.45. The number of methoxy groups -OCH3 is 1. The lowest BCUT2D eigenvalue weighted by Crippen LogP contribution is -2.01. The highest BCUT2D eigenvalue weighted by atomic mass is 16.5. The van der Waals surface area contributed by atoms with Crippen LogP contribution in [-0.2, 0) is 13.6 Å². The summed E-state index contributed by atoms with van der Waals surface area (Å²) in [7, 11) is 3.50. The molecule has 0 spiro atoms. The molecule has 23 heavy (non-hydrogen) atoms. The van der Waals surface area contributed by atoms with Crippen molar-refractivity contribution in [2.24, 2.45) is 7.05 Å². The molecular formula is C15H15N7O. The first kappa shape index (κ1) is 13.5. The molecule has 0 amide bonds. The van der Waals surface area contributed by atoms with E-state index >= 15 is 0 Å². The van der Waals surface area contributed by atoms with Gasteiger partial charge in [0, 0.05) is 12.7 Å². The van der Waals surface area contributed by atoms with E-state index in [0.29, 0.717) is 12.4 Å². The van der Waals surface area contributed by atoms with Crippen LogP contribution in [0.4, 0.5) is 5.69 Å². The minimum Gasteiger partial charge on any atom is -0.497 e. The molecule has 1 N–H and O–H groups in total. The first-order valence-electron chi connectivity index (χ1n) is 7.14. The van der Waals surface area contributed by atoms with Crippen molar-refractivity contribution in [1.29, 1.82) is 0 Å². The minimum atomic E-state index is 0.524. The Morgan fingerprint density at radius 1 is 1.17 bits per heavy atom. The van der Waals surface area contributed by atoms with Crippen LogP contribution < -0.4 is 10.1 Å². The summed E-state index contributed by atoms with van der Waals surface area (Å²) in [6.45, 7) is 0.524. The number of aromatic nitrogens is 6. The lowest BCUT2D eigenvalue weighted by Gasteiger charge is -2.04. The van der Waals surface area contributed by atoms with E-state index in [1.54, 1.807) is 28.8 Å². The molecule has 1 aromatic carbocycles. The largest absolute Gasteiger partial charge is 0.497 e. The Bertz CT molecular complexity index is 971. The van der Waals surface area contributed by atoms with Crippen LogP contribution in [0, 0.1) is 0 Å². The number of ether oxygens (including phenoxy) is 1. The van der Waals surface area contributed by atoms with Crippen LogP contribution in [0.3, 0.4) is 0 Å². The van der Waals surface area contributed by atoms with Crippen LogP contribution in [0.15, 0.2) is 36.8 Å². The molecule has 0 bridgehead atoms. The third-order valence-corrected chi connectivity index (χ3v) is 3.65. The molecule has 0 saturated heterocycles. The fraction of sp³-hybridized carbons (Fsp3) is 0.200. The summed E-state index contributed by atoms with van der Waals surface area (Å²) < 4.78 is 8.54. The molecule has 0 aliphatic carbocycles. The summed E-state index contributed by atoms with van der Waals surface area (Å²) >= 11 is 0. The number of hydrogen-bond acceptors (Lipinski definition) is 6. The topological polar surface area (TPSA) is 82.2 Å². The van der Waals surface area contributed by atoms with Gasteiger partial charge in [0.05, 0.1) is 25.2 Å². The van der Waals surface area contributed by atoms with E-state index in [1.807, 2.05) is 31.3 Å². The predicted octanol–water partition coefficient (Wildman–Crippen LogP) is 1.63. The van der Waals surface area contributed by atoms with Gasteiger partial charge in [0.1, 0.15) is 12.1 Å². The summed E-state index contributed by atoms with van der Waals surface area (Å²) in [6, 6.07) is 7.72. The number of hydrogen-bond donors (Lipinski definition) is 1. The van der Waals surface area contributed by atoms with E-state index in [1.165, 1.54) is 0 Å². The molecule has 0 fully saturated rings. The number of nitrogens with one attached hydrogen (secondary N) is 1. The van der Waals surface area contributed by atoms with E-state index in [0.717, 1.165) is 28.1 Å². The predicted molar refractivity (Wildman–Crippen MR) is 85.4 cm³/mol. The van der Waals surface area contributed by atoms with Gasteiger partial charge in [-0.2, -0.15) is 5.10 Å². The molecule has 4 aromatic rings. The lowest BCUT2D eigenvalue weighted by atomic mass is 10.3. The van der Waals surface area contributed by atoms with Gasteiger partial charge in [-0.15, -0.1) is 5.10 Å². The molecule has 0 aliphatic rings. The molecule has 8 nitrogen and oxygen atoms in total. The van der Waals surface area contributed by atoms with Crippen LogP contribution in [-0.4, -0.2) is 36.5 Å². The molecule has 0 atom stereocenters. The Morgan fingerprint density at radius 3 is 2.78 bits per heavy atom. The highest BCUT2D eigenvalue weighted by Crippen LogP contribution is 2.17. The molecule has 0 unspecified atom stereocenters. The number of anilines is 1.